The number of methoxy groups -OCH3 is 1. The Morgan fingerprint density at radius 3 is 2.87 bits per heavy atom. The van der Waals surface area contributed by atoms with Crippen molar-refractivity contribution >= 4 is 34.7 Å². The van der Waals surface area contributed by atoms with E-state index in [2.05, 4.69) is 26.5 Å². The highest BCUT2D eigenvalue weighted by Gasteiger charge is 2.11. The summed E-state index contributed by atoms with van der Waals surface area (Å²) >= 11 is 1.42. The van der Waals surface area contributed by atoms with Gasteiger partial charge in [-0.2, -0.15) is 0 Å². The topological polar surface area (TPSA) is 73.2 Å². The fourth-order valence-corrected chi connectivity index (χ4v) is 3.12. The third-order valence-corrected chi connectivity index (χ3v) is 4.35. The fourth-order valence-electron chi connectivity index (χ4n) is 2.21. The van der Waals surface area contributed by atoms with Crippen molar-refractivity contribution < 1.29 is 14.3 Å². The van der Waals surface area contributed by atoms with Crippen molar-refractivity contribution in [1.82, 2.24) is 14.9 Å². The van der Waals surface area contributed by atoms with Gasteiger partial charge < -0.3 is 14.6 Å². The number of amides is 1. The van der Waals surface area contributed by atoms with Crippen LogP contribution in [0.4, 0.5) is 0 Å². The van der Waals surface area contributed by atoms with Gasteiger partial charge in [0, 0.05) is 19.5 Å². The third-order valence-electron chi connectivity index (χ3n) is 3.38. The zero-order valence-electron chi connectivity index (χ0n) is 13.4. The monoisotopic (exact) mass is 335 g/mol. The normalized spacial score (nSPS) is 10.7. The Balaban J connectivity index is 1.83. The van der Waals surface area contributed by atoms with Crippen LogP contribution in [0.15, 0.2) is 29.4 Å². The van der Waals surface area contributed by atoms with Crippen LogP contribution in [0.5, 0.6) is 0 Å². The highest BCUT2D eigenvalue weighted by Crippen LogP contribution is 2.23. The van der Waals surface area contributed by atoms with Crippen LogP contribution in [-0.2, 0) is 20.9 Å². The molecule has 23 heavy (non-hydrogen) atoms. The smallest absolute Gasteiger partial charge is 0.305 e. The van der Waals surface area contributed by atoms with E-state index in [4.69, 9.17) is 0 Å². The number of fused-ring (bicyclic) bond motifs is 1. The molecule has 124 valence electrons. The molecule has 0 radical (unpaired) electrons. The van der Waals surface area contributed by atoms with Crippen molar-refractivity contribution in [3.8, 4) is 0 Å². The van der Waals surface area contributed by atoms with Crippen LogP contribution >= 0.6 is 11.8 Å². The van der Waals surface area contributed by atoms with Gasteiger partial charge in [0.25, 0.3) is 0 Å². The first-order chi connectivity index (χ1) is 11.2. The summed E-state index contributed by atoms with van der Waals surface area (Å²) in [4.78, 5) is 27.4. The first-order valence-corrected chi connectivity index (χ1v) is 8.55. The Morgan fingerprint density at radius 2 is 2.13 bits per heavy atom. The van der Waals surface area contributed by atoms with E-state index in [1.54, 1.807) is 0 Å². The summed E-state index contributed by atoms with van der Waals surface area (Å²) in [5.41, 5.74) is 2.02. The Labute approximate surface area is 139 Å². The van der Waals surface area contributed by atoms with Crippen LogP contribution < -0.4 is 5.32 Å². The molecule has 0 spiro atoms. The number of thioether (sulfide) groups is 1. The van der Waals surface area contributed by atoms with E-state index < -0.39 is 0 Å². The van der Waals surface area contributed by atoms with E-state index in [1.165, 1.54) is 18.9 Å². The SMILES string of the molecule is CCn1c(SCC(=O)NCCCC(=O)OC)nc2ccccc21. The molecule has 7 heteroatoms. The number of carbonyl (C=O) groups is 2. The number of benzene rings is 1. The number of esters is 1. The molecule has 6 nitrogen and oxygen atoms in total. The summed E-state index contributed by atoms with van der Waals surface area (Å²) in [5, 5.41) is 3.64. The number of hydrogen-bond donors (Lipinski definition) is 1. The molecule has 2 rings (SSSR count). The average molecular weight is 335 g/mol. The van der Waals surface area contributed by atoms with E-state index in [9.17, 15) is 9.59 Å². The van der Waals surface area contributed by atoms with Crippen molar-refractivity contribution in [2.75, 3.05) is 19.4 Å². The van der Waals surface area contributed by atoms with Gasteiger partial charge in [-0.25, -0.2) is 4.98 Å². The quantitative estimate of drug-likeness (QED) is 0.455. The van der Waals surface area contributed by atoms with E-state index in [0.29, 0.717) is 25.1 Å². The Morgan fingerprint density at radius 1 is 1.35 bits per heavy atom. The summed E-state index contributed by atoms with van der Waals surface area (Å²) in [6.45, 7) is 3.34. The Hall–Kier alpha value is -2.02. The summed E-state index contributed by atoms with van der Waals surface area (Å²) < 4.78 is 6.65. The number of aryl methyl sites for hydroxylation is 1. The minimum Gasteiger partial charge on any atom is -0.469 e. The molecule has 0 aliphatic heterocycles. The number of rotatable bonds is 8. The van der Waals surface area contributed by atoms with Crippen LogP contribution in [0, 0.1) is 0 Å². The zero-order valence-corrected chi connectivity index (χ0v) is 14.2. The predicted octanol–water partition coefficient (Wildman–Crippen LogP) is 2.22. The predicted molar refractivity (Wildman–Crippen MR) is 90.4 cm³/mol. The highest BCUT2D eigenvalue weighted by atomic mass is 32.2. The molecule has 0 saturated carbocycles. The molecular formula is C16H21N3O3S. The Bertz CT molecular complexity index is 684. The number of carbonyl (C=O) groups excluding carboxylic acids is 2. The minimum atomic E-state index is -0.259. The number of imidazole rings is 1. The van der Waals surface area contributed by atoms with Crippen LogP contribution in [0.1, 0.15) is 19.8 Å². The molecule has 1 amide bonds. The maximum atomic E-state index is 11.9. The lowest BCUT2D eigenvalue weighted by molar-refractivity contribution is -0.140. The van der Waals surface area contributed by atoms with Crippen molar-refractivity contribution in [2.45, 2.75) is 31.5 Å². The third kappa shape index (κ3) is 4.72. The molecule has 2 aromatic rings. The number of nitrogens with one attached hydrogen (secondary N) is 1. The van der Waals surface area contributed by atoms with Crippen LogP contribution in [-0.4, -0.2) is 40.8 Å². The number of aromatic nitrogens is 2. The standard InChI is InChI=1S/C16H21N3O3S/c1-3-19-13-8-5-4-7-12(13)18-16(19)23-11-14(20)17-10-6-9-15(21)22-2/h4-5,7-8H,3,6,9-11H2,1-2H3,(H,17,20). The van der Waals surface area contributed by atoms with Gasteiger partial charge in [-0.05, 0) is 25.5 Å². The van der Waals surface area contributed by atoms with Crippen molar-refractivity contribution in [3.05, 3.63) is 24.3 Å². The second-order valence-electron chi connectivity index (χ2n) is 4.95. The molecule has 0 aliphatic rings. The van der Waals surface area contributed by atoms with Gasteiger partial charge in [0.2, 0.25) is 5.91 Å². The summed E-state index contributed by atoms with van der Waals surface area (Å²) in [7, 11) is 1.36. The fraction of sp³-hybridized carbons (Fsp3) is 0.438. The number of nitrogens with zero attached hydrogens (tertiary/aromatic N) is 2. The highest BCUT2D eigenvalue weighted by molar-refractivity contribution is 7.99. The van der Waals surface area contributed by atoms with Gasteiger partial charge in [-0.15, -0.1) is 0 Å². The molecular weight excluding hydrogens is 314 g/mol. The lowest BCUT2D eigenvalue weighted by Crippen LogP contribution is -2.26. The molecule has 0 unspecified atom stereocenters. The Kier molecular flexibility index (Phi) is 6.46. The van der Waals surface area contributed by atoms with Crippen molar-refractivity contribution in [1.29, 1.82) is 0 Å². The average Bonchev–Trinajstić information content (AvgIpc) is 2.94. The maximum Gasteiger partial charge on any atom is 0.305 e. The molecule has 0 saturated heterocycles. The van der Waals surface area contributed by atoms with E-state index in [1.807, 2.05) is 24.3 Å². The lowest BCUT2D eigenvalue weighted by Gasteiger charge is -2.06. The van der Waals surface area contributed by atoms with Gasteiger partial charge >= 0.3 is 5.97 Å². The van der Waals surface area contributed by atoms with Crippen LogP contribution in [0.25, 0.3) is 11.0 Å². The molecule has 0 atom stereocenters. The summed E-state index contributed by atoms with van der Waals surface area (Å²) in [5.74, 6) is -0.0125. The molecule has 0 fully saturated rings. The molecule has 0 aliphatic carbocycles. The van der Waals surface area contributed by atoms with Gasteiger partial charge in [-0.1, -0.05) is 23.9 Å². The first kappa shape index (κ1) is 17.3. The molecule has 0 bridgehead atoms. The second kappa shape index (κ2) is 8.57. The van der Waals surface area contributed by atoms with Gasteiger partial charge in [0.1, 0.15) is 0 Å². The van der Waals surface area contributed by atoms with Gasteiger partial charge in [0.05, 0.1) is 23.9 Å². The zero-order chi connectivity index (χ0) is 16.7. The second-order valence-corrected chi connectivity index (χ2v) is 5.89. The largest absolute Gasteiger partial charge is 0.469 e. The summed E-state index contributed by atoms with van der Waals surface area (Å²) in [6.07, 6.45) is 0.895. The molecule has 1 aromatic carbocycles. The number of hydrogen-bond acceptors (Lipinski definition) is 5. The molecule has 1 heterocycles. The van der Waals surface area contributed by atoms with Crippen molar-refractivity contribution in [2.24, 2.45) is 0 Å². The first-order valence-electron chi connectivity index (χ1n) is 7.57. The van der Waals surface area contributed by atoms with Gasteiger partial charge in [-0.3, -0.25) is 9.59 Å². The summed E-state index contributed by atoms with van der Waals surface area (Å²) in [6, 6.07) is 7.94. The van der Waals surface area contributed by atoms with E-state index in [0.717, 1.165) is 22.7 Å². The lowest BCUT2D eigenvalue weighted by atomic mass is 10.3. The maximum absolute atomic E-state index is 11.9. The molecule has 1 aromatic heterocycles. The number of ether oxygens (including phenoxy) is 1. The number of para-hydroxylation sites is 2. The van der Waals surface area contributed by atoms with Crippen LogP contribution in [0.3, 0.4) is 0 Å². The van der Waals surface area contributed by atoms with Crippen LogP contribution in [0.2, 0.25) is 0 Å². The van der Waals surface area contributed by atoms with E-state index in [-0.39, 0.29) is 11.9 Å². The van der Waals surface area contributed by atoms with E-state index >= 15 is 0 Å². The van der Waals surface area contributed by atoms with Crippen molar-refractivity contribution in [3.63, 3.8) is 0 Å². The minimum absolute atomic E-state index is 0.0606. The molecule has 1 N–H and O–H groups in total. The van der Waals surface area contributed by atoms with Gasteiger partial charge in [0.15, 0.2) is 5.16 Å².